The van der Waals surface area contributed by atoms with E-state index in [2.05, 4.69) is 45.3 Å². The molecule has 0 saturated carbocycles. The van der Waals surface area contributed by atoms with Gasteiger partial charge in [-0.2, -0.15) is 0 Å². The van der Waals surface area contributed by atoms with Gasteiger partial charge in [0.05, 0.1) is 0 Å². The summed E-state index contributed by atoms with van der Waals surface area (Å²) in [7, 11) is 0. The van der Waals surface area contributed by atoms with Gasteiger partial charge in [0, 0.05) is 12.6 Å². The van der Waals surface area contributed by atoms with E-state index in [4.69, 9.17) is 0 Å². The van der Waals surface area contributed by atoms with Crippen LogP contribution in [0.1, 0.15) is 34.6 Å². The van der Waals surface area contributed by atoms with E-state index >= 15 is 0 Å². The molecular formula is C11H26N2. The van der Waals surface area contributed by atoms with E-state index in [1.807, 2.05) is 0 Å². The summed E-state index contributed by atoms with van der Waals surface area (Å²) in [5.74, 6) is 1.54. The van der Waals surface area contributed by atoms with E-state index in [1.165, 1.54) is 0 Å². The van der Waals surface area contributed by atoms with Crippen LogP contribution in [0, 0.1) is 11.8 Å². The van der Waals surface area contributed by atoms with E-state index in [0.29, 0.717) is 6.04 Å². The third-order valence-corrected chi connectivity index (χ3v) is 2.63. The number of nitrogens with one attached hydrogen (secondary N) is 2. The molecule has 2 nitrogen and oxygen atoms in total. The summed E-state index contributed by atoms with van der Waals surface area (Å²) >= 11 is 0. The molecule has 0 radical (unpaired) electrons. The maximum absolute atomic E-state index is 3.54. The lowest BCUT2D eigenvalue weighted by atomic mass is 9.98. The highest BCUT2D eigenvalue weighted by Gasteiger charge is 2.08. The predicted octanol–water partition coefficient (Wildman–Crippen LogP) is 1.87. The molecule has 80 valence electrons. The molecule has 2 N–H and O–H groups in total. The van der Waals surface area contributed by atoms with Crippen LogP contribution >= 0.6 is 0 Å². The lowest BCUT2D eigenvalue weighted by Crippen LogP contribution is -2.39. The number of hydrogen-bond acceptors (Lipinski definition) is 2. The third-order valence-electron chi connectivity index (χ3n) is 2.63. The molecule has 0 spiro atoms. The lowest BCUT2D eigenvalue weighted by Gasteiger charge is -2.20. The zero-order valence-electron chi connectivity index (χ0n) is 9.85. The van der Waals surface area contributed by atoms with Crippen LogP contribution in [0.25, 0.3) is 0 Å². The van der Waals surface area contributed by atoms with Crippen molar-refractivity contribution in [2.45, 2.75) is 40.7 Å². The molecule has 13 heavy (non-hydrogen) atoms. The van der Waals surface area contributed by atoms with E-state index in [1.54, 1.807) is 0 Å². The van der Waals surface area contributed by atoms with Crippen LogP contribution in [-0.2, 0) is 0 Å². The highest BCUT2D eigenvalue weighted by Crippen LogP contribution is 2.07. The topological polar surface area (TPSA) is 24.1 Å². The molecule has 0 aliphatic rings. The summed E-state index contributed by atoms with van der Waals surface area (Å²) in [5, 5.41) is 6.87. The highest BCUT2D eigenvalue weighted by atomic mass is 15.0. The summed E-state index contributed by atoms with van der Waals surface area (Å²) < 4.78 is 0. The van der Waals surface area contributed by atoms with Gasteiger partial charge in [0.1, 0.15) is 0 Å². The molecule has 2 unspecified atom stereocenters. The van der Waals surface area contributed by atoms with Gasteiger partial charge in [-0.25, -0.2) is 0 Å². The minimum Gasteiger partial charge on any atom is -0.315 e. The lowest BCUT2D eigenvalue weighted by molar-refractivity contribution is 0.369. The molecule has 0 heterocycles. The van der Waals surface area contributed by atoms with Crippen molar-refractivity contribution < 1.29 is 0 Å². The maximum Gasteiger partial charge on any atom is 0.0164 e. The summed E-state index contributed by atoms with van der Waals surface area (Å²) in [5.41, 5.74) is 0. The molecule has 0 aliphatic carbocycles. The normalized spacial score (nSPS) is 16.2. The first-order chi connectivity index (χ1) is 6.07. The van der Waals surface area contributed by atoms with E-state index in [0.717, 1.165) is 31.5 Å². The van der Waals surface area contributed by atoms with Crippen molar-refractivity contribution in [1.82, 2.24) is 10.6 Å². The Hall–Kier alpha value is -0.0800. The van der Waals surface area contributed by atoms with Crippen LogP contribution in [0.3, 0.4) is 0 Å². The van der Waals surface area contributed by atoms with Crippen molar-refractivity contribution in [1.29, 1.82) is 0 Å². The molecule has 2 heteroatoms. The van der Waals surface area contributed by atoms with Crippen LogP contribution in [0.15, 0.2) is 0 Å². The Bertz CT molecular complexity index is 113. The van der Waals surface area contributed by atoms with Gasteiger partial charge in [-0.3, -0.25) is 0 Å². The third kappa shape index (κ3) is 7.03. The molecule has 0 aliphatic heterocycles. The minimum absolute atomic E-state index is 0.584. The molecule has 0 fully saturated rings. The number of rotatable bonds is 7. The van der Waals surface area contributed by atoms with E-state index in [-0.39, 0.29) is 0 Å². The van der Waals surface area contributed by atoms with E-state index < -0.39 is 0 Å². The summed E-state index contributed by atoms with van der Waals surface area (Å²) in [6.07, 6.45) is 0. The quantitative estimate of drug-likeness (QED) is 0.634. The van der Waals surface area contributed by atoms with Gasteiger partial charge < -0.3 is 10.6 Å². The van der Waals surface area contributed by atoms with Crippen molar-refractivity contribution in [2.24, 2.45) is 11.8 Å². The Labute approximate surface area is 83.5 Å². The first-order valence-corrected chi connectivity index (χ1v) is 5.52. The first kappa shape index (κ1) is 12.9. The van der Waals surface area contributed by atoms with Gasteiger partial charge in [0.25, 0.3) is 0 Å². The molecule has 0 aromatic carbocycles. The second-order valence-electron chi connectivity index (χ2n) is 4.34. The average Bonchev–Trinajstić information content (AvgIpc) is 2.10. The fourth-order valence-corrected chi connectivity index (χ4v) is 1.06. The Balaban J connectivity index is 3.40. The molecule has 0 aromatic heterocycles. The van der Waals surface area contributed by atoms with Gasteiger partial charge in [-0.05, 0) is 31.8 Å². The molecule has 0 bridgehead atoms. The zero-order valence-corrected chi connectivity index (χ0v) is 9.85. The summed E-state index contributed by atoms with van der Waals surface area (Å²) in [6.45, 7) is 14.5. The standard InChI is InChI=1S/C11H26N2/c1-6-12-8-11(5)13-7-10(4)9(2)3/h9-13H,6-8H2,1-5H3. The van der Waals surface area contributed by atoms with Crippen molar-refractivity contribution in [2.75, 3.05) is 19.6 Å². The van der Waals surface area contributed by atoms with E-state index in [9.17, 15) is 0 Å². The molecule has 0 saturated heterocycles. The van der Waals surface area contributed by atoms with Crippen LogP contribution in [0.4, 0.5) is 0 Å². The molecule has 0 amide bonds. The van der Waals surface area contributed by atoms with Gasteiger partial charge in [0.15, 0.2) is 0 Å². The van der Waals surface area contributed by atoms with Gasteiger partial charge in [-0.15, -0.1) is 0 Å². The molecular weight excluding hydrogens is 160 g/mol. The Morgan fingerprint density at radius 3 is 2.08 bits per heavy atom. The molecule has 2 atom stereocenters. The van der Waals surface area contributed by atoms with Crippen molar-refractivity contribution in [3.63, 3.8) is 0 Å². The second-order valence-corrected chi connectivity index (χ2v) is 4.34. The SMILES string of the molecule is CCNCC(C)NCC(C)C(C)C. The fourth-order valence-electron chi connectivity index (χ4n) is 1.06. The maximum atomic E-state index is 3.54. The van der Waals surface area contributed by atoms with Crippen molar-refractivity contribution in [3.05, 3.63) is 0 Å². The smallest absolute Gasteiger partial charge is 0.0164 e. The number of likely N-dealkylation sites (N-methyl/N-ethyl adjacent to an activating group) is 1. The Morgan fingerprint density at radius 1 is 1.00 bits per heavy atom. The summed E-state index contributed by atoms with van der Waals surface area (Å²) in [4.78, 5) is 0. The Morgan fingerprint density at radius 2 is 1.62 bits per heavy atom. The zero-order chi connectivity index (χ0) is 10.3. The van der Waals surface area contributed by atoms with Crippen LogP contribution in [0.2, 0.25) is 0 Å². The Kier molecular flexibility index (Phi) is 7.29. The van der Waals surface area contributed by atoms with Crippen molar-refractivity contribution >= 4 is 0 Å². The largest absolute Gasteiger partial charge is 0.315 e. The highest BCUT2D eigenvalue weighted by molar-refractivity contribution is 4.67. The minimum atomic E-state index is 0.584. The van der Waals surface area contributed by atoms with Gasteiger partial charge in [0.2, 0.25) is 0 Å². The summed E-state index contributed by atoms with van der Waals surface area (Å²) in [6, 6.07) is 0.584. The first-order valence-electron chi connectivity index (χ1n) is 5.52. The van der Waals surface area contributed by atoms with Gasteiger partial charge >= 0.3 is 0 Å². The van der Waals surface area contributed by atoms with Crippen LogP contribution < -0.4 is 10.6 Å². The molecule has 0 rings (SSSR count). The van der Waals surface area contributed by atoms with Crippen LogP contribution in [0.5, 0.6) is 0 Å². The second kappa shape index (κ2) is 7.34. The monoisotopic (exact) mass is 186 g/mol. The van der Waals surface area contributed by atoms with Gasteiger partial charge in [-0.1, -0.05) is 27.7 Å². The predicted molar refractivity (Wildman–Crippen MR) is 60.0 cm³/mol. The molecule has 0 aromatic rings. The average molecular weight is 186 g/mol. The van der Waals surface area contributed by atoms with Crippen molar-refractivity contribution in [3.8, 4) is 0 Å². The number of hydrogen-bond donors (Lipinski definition) is 2. The fraction of sp³-hybridized carbons (Fsp3) is 1.00. The van der Waals surface area contributed by atoms with Crippen LogP contribution in [-0.4, -0.2) is 25.7 Å².